The highest BCUT2D eigenvalue weighted by Gasteiger charge is 2.10. The standard InChI is InChI=1S/C10H19N3S/c1-2-6-13(7-3-1)8-4-11-10-12-5-9-14-10/h1-9H2,(H,11,12). The van der Waals surface area contributed by atoms with E-state index in [4.69, 9.17) is 0 Å². The number of nitrogens with zero attached hydrogens (tertiary/aromatic N) is 2. The monoisotopic (exact) mass is 213 g/mol. The highest BCUT2D eigenvalue weighted by molar-refractivity contribution is 8.14. The first kappa shape index (κ1) is 10.3. The number of hydrogen-bond donors (Lipinski definition) is 1. The molecule has 2 aliphatic heterocycles. The molecule has 80 valence electrons. The molecule has 0 bridgehead atoms. The van der Waals surface area contributed by atoms with E-state index in [-0.39, 0.29) is 0 Å². The summed E-state index contributed by atoms with van der Waals surface area (Å²) in [4.78, 5) is 6.92. The number of hydrogen-bond acceptors (Lipinski definition) is 4. The van der Waals surface area contributed by atoms with Crippen LogP contribution < -0.4 is 5.32 Å². The van der Waals surface area contributed by atoms with E-state index >= 15 is 0 Å². The normalized spacial score (nSPS) is 23.6. The maximum absolute atomic E-state index is 4.37. The molecule has 14 heavy (non-hydrogen) atoms. The van der Waals surface area contributed by atoms with Crippen LogP contribution in [0.1, 0.15) is 19.3 Å². The minimum Gasteiger partial charge on any atom is -0.364 e. The van der Waals surface area contributed by atoms with Gasteiger partial charge < -0.3 is 10.2 Å². The fourth-order valence-electron chi connectivity index (χ4n) is 1.95. The van der Waals surface area contributed by atoms with Gasteiger partial charge in [-0.2, -0.15) is 0 Å². The second-order valence-corrected chi connectivity index (χ2v) is 4.95. The Labute approximate surface area is 90.3 Å². The van der Waals surface area contributed by atoms with Gasteiger partial charge in [0.1, 0.15) is 0 Å². The Hall–Kier alpha value is -0.220. The van der Waals surface area contributed by atoms with E-state index in [1.54, 1.807) is 0 Å². The molecule has 2 aliphatic rings. The number of piperidine rings is 1. The van der Waals surface area contributed by atoms with Crippen molar-refractivity contribution in [3.05, 3.63) is 0 Å². The average molecular weight is 213 g/mol. The summed E-state index contributed by atoms with van der Waals surface area (Å²) in [5.41, 5.74) is 0. The second kappa shape index (κ2) is 5.61. The molecule has 0 aliphatic carbocycles. The molecule has 0 amide bonds. The van der Waals surface area contributed by atoms with E-state index in [9.17, 15) is 0 Å². The van der Waals surface area contributed by atoms with Crippen molar-refractivity contribution in [2.24, 2.45) is 4.99 Å². The molecular weight excluding hydrogens is 194 g/mol. The van der Waals surface area contributed by atoms with Gasteiger partial charge in [0, 0.05) is 18.8 Å². The lowest BCUT2D eigenvalue weighted by molar-refractivity contribution is 0.232. The van der Waals surface area contributed by atoms with Crippen LogP contribution in [0.15, 0.2) is 4.99 Å². The van der Waals surface area contributed by atoms with Crippen LogP contribution >= 0.6 is 11.8 Å². The van der Waals surface area contributed by atoms with E-state index in [0.717, 1.165) is 24.0 Å². The second-order valence-electron chi connectivity index (χ2n) is 3.86. The Balaban J connectivity index is 1.57. The molecule has 0 aromatic heterocycles. The number of rotatable bonds is 3. The lowest BCUT2D eigenvalue weighted by Crippen LogP contribution is -2.36. The Bertz CT molecular complexity index is 200. The fraction of sp³-hybridized carbons (Fsp3) is 0.900. The third-order valence-electron chi connectivity index (χ3n) is 2.74. The van der Waals surface area contributed by atoms with Crippen molar-refractivity contribution in [3.8, 4) is 0 Å². The molecule has 0 saturated carbocycles. The zero-order valence-corrected chi connectivity index (χ0v) is 9.48. The number of nitrogens with one attached hydrogen (secondary N) is 1. The molecule has 3 nitrogen and oxygen atoms in total. The van der Waals surface area contributed by atoms with Gasteiger partial charge in [0.05, 0.1) is 6.54 Å². The predicted molar refractivity (Wildman–Crippen MR) is 63.1 cm³/mol. The number of likely N-dealkylation sites (tertiary alicyclic amines) is 1. The summed E-state index contributed by atoms with van der Waals surface area (Å²) in [6.07, 6.45) is 4.19. The van der Waals surface area contributed by atoms with Gasteiger partial charge in [0.25, 0.3) is 0 Å². The number of thioether (sulfide) groups is 1. The van der Waals surface area contributed by atoms with Crippen molar-refractivity contribution >= 4 is 16.9 Å². The Kier molecular flexibility index (Phi) is 4.13. The van der Waals surface area contributed by atoms with E-state index < -0.39 is 0 Å². The van der Waals surface area contributed by atoms with Crippen LogP contribution in [-0.2, 0) is 0 Å². The topological polar surface area (TPSA) is 27.6 Å². The van der Waals surface area contributed by atoms with Crippen molar-refractivity contribution < 1.29 is 0 Å². The fourth-order valence-corrected chi connectivity index (χ4v) is 2.71. The van der Waals surface area contributed by atoms with Gasteiger partial charge in [-0.1, -0.05) is 18.2 Å². The first-order valence-electron chi connectivity index (χ1n) is 5.58. The lowest BCUT2D eigenvalue weighted by Gasteiger charge is -2.26. The van der Waals surface area contributed by atoms with Crippen molar-refractivity contribution in [2.45, 2.75) is 19.3 Å². The molecule has 1 fully saturated rings. The Morgan fingerprint density at radius 2 is 2.14 bits per heavy atom. The Morgan fingerprint density at radius 1 is 1.29 bits per heavy atom. The zero-order chi connectivity index (χ0) is 9.64. The maximum Gasteiger partial charge on any atom is 0.156 e. The Morgan fingerprint density at radius 3 is 2.86 bits per heavy atom. The molecule has 1 saturated heterocycles. The molecule has 0 aromatic rings. The third-order valence-corrected chi connectivity index (χ3v) is 3.67. The minimum atomic E-state index is 0.997. The summed E-state index contributed by atoms with van der Waals surface area (Å²) < 4.78 is 0. The van der Waals surface area contributed by atoms with Gasteiger partial charge in [-0.25, -0.2) is 0 Å². The van der Waals surface area contributed by atoms with E-state index in [1.165, 1.54) is 38.9 Å². The SMILES string of the molecule is C1CCN(CCNC2=NCCS2)CC1. The molecule has 0 atom stereocenters. The van der Waals surface area contributed by atoms with Crippen molar-refractivity contribution in [2.75, 3.05) is 38.5 Å². The van der Waals surface area contributed by atoms with Crippen LogP contribution in [-0.4, -0.2) is 48.5 Å². The van der Waals surface area contributed by atoms with Gasteiger partial charge in [-0.3, -0.25) is 4.99 Å². The molecule has 2 heterocycles. The van der Waals surface area contributed by atoms with Gasteiger partial charge >= 0.3 is 0 Å². The summed E-state index contributed by atoms with van der Waals surface area (Å²) in [6, 6.07) is 0. The first-order chi connectivity index (χ1) is 6.95. The summed E-state index contributed by atoms with van der Waals surface area (Å²) in [6.45, 7) is 5.82. The highest BCUT2D eigenvalue weighted by Crippen LogP contribution is 2.09. The zero-order valence-electron chi connectivity index (χ0n) is 8.67. The van der Waals surface area contributed by atoms with E-state index in [1.807, 2.05) is 11.8 Å². The van der Waals surface area contributed by atoms with Crippen molar-refractivity contribution in [1.29, 1.82) is 0 Å². The van der Waals surface area contributed by atoms with E-state index in [2.05, 4.69) is 15.2 Å². The molecule has 4 heteroatoms. The van der Waals surface area contributed by atoms with E-state index in [0.29, 0.717) is 0 Å². The van der Waals surface area contributed by atoms with Crippen LogP contribution in [0.2, 0.25) is 0 Å². The molecule has 0 unspecified atom stereocenters. The predicted octanol–water partition coefficient (Wildman–Crippen LogP) is 1.16. The van der Waals surface area contributed by atoms with Crippen LogP contribution in [0.4, 0.5) is 0 Å². The number of aliphatic imine (C=N–C) groups is 1. The first-order valence-corrected chi connectivity index (χ1v) is 6.57. The van der Waals surface area contributed by atoms with Crippen LogP contribution in [0.3, 0.4) is 0 Å². The lowest BCUT2D eigenvalue weighted by atomic mass is 10.1. The maximum atomic E-state index is 4.37. The van der Waals surface area contributed by atoms with Gasteiger partial charge in [0.15, 0.2) is 5.17 Å². The molecular formula is C10H19N3S. The quantitative estimate of drug-likeness (QED) is 0.762. The number of amidine groups is 1. The van der Waals surface area contributed by atoms with Gasteiger partial charge in [-0.15, -0.1) is 0 Å². The van der Waals surface area contributed by atoms with Gasteiger partial charge in [0.2, 0.25) is 0 Å². The summed E-state index contributed by atoms with van der Waals surface area (Å²) in [5, 5.41) is 4.55. The summed E-state index contributed by atoms with van der Waals surface area (Å²) in [7, 11) is 0. The minimum absolute atomic E-state index is 0.997. The average Bonchev–Trinajstić information content (AvgIpc) is 2.72. The van der Waals surface area contributed by atoms with Crippen LogP contribution in [0.25, 0.3) is 0 Å². The molecule has 0 aromatic carbocycles. The third kappa shape index (κ3) is 3.17. The summed E-state index contributed by atoms with van der Waals surface area (Å²) >= 11 is 1.85. The van der Waals surface area contributed by atoms with Crippen LogP contribution in [0.5, 0.6) is 0 Å². The molecule has 2 rings (SSSR count). The highest BCUT2D eigenvalue weighted by atomic mass is 32.2. The molecule has 1 N–H and O–H groups in total. The van der Waals surface area contributed by atoms with Crippen LogP contribution in [0, 0.1) is 0 Å². The summed E-state index contributed by atoms with van der Waals surface area (Å²) in [5.74, 6) is 1.16. The molecule has 0 spiro atoms. The van der Waals surface area contributed by atoms with Crippen molar-refractivity contribution in [3.63, 3.8) is 0 Å². The largest absolute Gasteiger partial charge is 0.364 e. The smallest absolute Gasteiger partial charge is 0.156 e. The molecule has 0 radical (unpaired) electrons. The van der Waals surface area contributed by atoms with Gasteiger partial charge in [-0.05, 0) is 25.9 Å². The van der Waals surface area contributed by atoms with Crippen molar-refractivity contribution in [1.82, 2.24) is 10.2 Å².